The Kier molecular flexibility index (Phi) is 3.35. The van der Waals surface area contributed by atoms with Gasteiger partial charge in [0, 0.05) is 19.0 Å². The summed E-state index contributed by atoms with van der Waals surface area (Å²) in [7, 11) is 0. The Morgan fingerprint density at radius 3 is 3.00 bits per heavy atom. The number of hydrogen-bond acceptors (Lipinski definition) is 4. The van der Waals surface area contributed by atoms with E-state index >= 15 is 0 Å². The summed E-state index contributed by atoms with van der Waals surface area (Å²) in [6, 6.07) is 0. The lowest BCUT2D eigenvalue weighted by atomic mass is 10.3. The van der Waals surface area contributed by atoms with Crippen LogP contribution >= 0.6 is 0 Å². The number of carbonyl (C=O) groups excluding carboxylic acids is 1. The van der Waals surface area contributed by atoms with Crippen LogP contribution in [-0.2, 0) is 4.74 Å². The molecule has 0 amide bonds. The van der Waals surface area contributed by atoms with E-state index in [-0.39, 0.29) is 12.4 Å². The molecule has 0 aliphatic carbocycles. The van der Waals surface area contributed by atoms with Crippen LogP contribution in [0.1, 0.15) is 17.4 Å². The summed E-state index contributed by atoms with van der Waals surface area (Å²) >= 11 is 0. The van der Waals surface area contributed by atoms with E-state index in [9.17, 15) is 4.79 Å². The predicted molar refractivity (Wildman–Crippen MR) is 42.9 cm³/mol. The van der Waals surface area contributed by atoms with Gasteiger partial charge in [0.25, 0.3) is 0 Å². The van der Waals surface area contributed by atoms with Crippen molar-refractivity contribution in [2.75, 3.05) is 13.2 Å². The van der Waals surface area contributed by atoms with Gasteiger partial charge in [0.1, 0.15) is 12.3 Å². The Balaban J connectivity index is 2.54. The number of carbonyl (C=O) groups is 1. The fraction of sp³-hybridized carbons (Fsp3) is 0.375. The van der Waals surface area contributed by atoms with Gasteiger partial charge in [-0.1, -0.05) is 0 Å². The first kappa shape index (κ1) is 8.80. The van der Waals surface area contributed by atoms with E-state index in [0.717, 1.165) is 0 Å². The molecule has 0 aliphatic rings. The molecule has 12 heavy (non-hydrogen) atoms. The van der Waals surface area contributed by atoms with E-state index in [1.54, 1.807) is 0 Å². The van der Waals surface area contributed by atoms with Gasteiger partial charge in [-0.15, -0.1) is 0 Å². The van der Waals surface area contributed by atoms with Gasteiger partial charge in [0.15, 0.2) is 0 Å². The van der Waals surface area contributed by atoms with E-state index in [4.69, 9.17) is 4.74 Å². The van der Waals surface area contributed by atoms with Gasteiger partial charge >= 0.3 is 0 Å². The minimum absolute atomic E-state index is 0.0786. The summed E-state index contributed by atoms with van der Waals surface area (Å²) in [6.45, 7) is 2.45. The maximum Gasteiger partial charge on any atom is 0.208 e. The van der Waals surface area contributed by atoms with Crippen LogP contribution < -0.4 is 0 Å². The highest BCUT2D eigenvalue weighted by atomic mass is 16.5. The smallest absolute Gasteiger partial charge is 0.208 e. The van der Waals surface area contributed by atoms with Gasteiger partial charge in [-0.2, -0.15) is 0 Å². The highest BCUT2D eigenvalue weighted by Gasteiger charge is 2.05. The standard InChI is InChI=1S/C8H10N2O2/c1-2-12-6-8(11)7-5-9-3-4-10-7/h3-5H,2,6H2,1H3. The zero-order valence-electron chi connectivity index (χ0n) is 6.86. The summed E-state index contributed by atoms with van der Waals surface area (Å²) in [6.07, 6.45) is 4.44. The minimum Gasteiger partial charge on any atom is -0.374 e. The quantitative estimate of drug-likeness (QED) is 0.618. The molecule has 4 heteroatoms. The molecule has 0 unspecified atom stereocenters. The Morgan fingerprint density at radius 2 is 2.42 bits per heavy atom. The van der Waals surface area contributed by atoms with Gasteiger partial charge in [0.05, 0.1) is 6.20 Å². The van der Waals surface area contributed by atoms with Gasteiger partial charge in [0.2, 0.25) is 5.78 Å². The largest absolute Gasteiger partial charge is 0.374 e. The summed E-state index contributed by atoms with van der Waals surface area (Å²) in [4.78, 5) is 18.8. The van der Waals surface area contributed by atoms with Crippen LogP contribution in [0.15, 0.2) is 18.6 Å². The molecular weight excluding hydrogens is 156 g/mol. The lowest BCUT2D eigenvalue weighted by Gasteiger charge is -1.98. The van der Waals surface area contributed by atoms with E-state index in [1.807, 2.05) is 6.92 Å². The van der Waals surface area contributed by atoms with Crippen molar-refractivity contribution in [2.45, 2.75) is 6.92 Å². The fourth-order valence-electron chi connectivity index (χ4n) is 0.712. The molecule has 1 heterocycles. The second-order valence-electron chi connectivity index (χ2n) is 2.15. The zero-order valence-corrected chi connectivity index (χ0v) is 6.86. The van der Waals surface area contributed by atoms with Crippen molar-refractivity contribution in [3.63, 3.8) is 0 Å². The van der Waals surface area contributed by atoms with Crippen LogP contribution in [0.3, 0.4) is 0 Å². The van der Waals surface area contributed by atoms with Crippen molar-refractivity contribution in [1.29, 1.82) is 0 Å². The molecule has 1 aromatic rings. The first-order valence-corrected chi connectivity index (χ1v) is 3.71. The van der Waals surface area contributed by atoms with Crippen LogP contribution in [0.2, 0.25) is 0 Å². The number of aromatic nitrogens is 2. The fourth-order valence-corrected chi connectivity index (χ4v) is 0.712. The SMILES string of the molecule is CCOCC(=O)c1cnccn1. The lowest BCUT2D eigenvalue weighted by Crippen LogP contribution is -2.10. The topological polar surface area (TPSA) is 52.1 Å². The van der Waals surface area contributed by atoms with Crippen molar-refractivity contribution in [3.8, 4) is 0 Å². The van der Waals surface area contributed by atoms with Gasteiger partial charge < -0.3 is 4.74 Å². The summed E-state index contributed by atoms with van der Waals surface area (Å²) in [5.74, 6) is -0.134. The van der Waals surface area contributed by atoms with E-state index in [0.29, 0.717) is 12.3 Å². The molecular formula is C8H10N2O2. The molecule has 1 aromatic heterocycles. The Hall–Kier alpha value is -1.29. The molecule has 64 valence electrons. The number of rotatable bonds is 4. The van der Waals surface area contributed by atoms with Crippen molar-refractivity contribution >= 4 is 5.78 Å². The van der Waals surface area contributed by atoms with Crippen LogP contribution in [-0.4, -0.2) is 29.0 Å². The molecule has 0 saturated heterocycles. The Labute approximate surface area is 70.6 Å². The maximum atomic E-state index is 11.2. The molecule has 0 aliphatic heterocycles. The van der Waals surface area contributed by atoms with Crippen LogP contribution in [0, 0.1) is 0 Å². The highest BCUT2D eigenvalue weighted by Crippen LogP contribution is 1.92. The van der Waals surface area contributed by atoms with Crippen LogP contribution in [0.5, 0.6) is 0 Å². The molecule has 0 atom stereocenters. The third kappa shape index (κ3) is 2.39. The van der Waals surface area contributed by atoms with E-state index in [1.165, 1.54) is 18.6 Å². The number of ether oxygens (including phenoxy) is 1. The van der Waals surface area contributed by atoms with Crippen molar-refractivity contribution in [1.82, 2.24) is 9.97 Å². The number of ketones is 1. The molecule has 4 nitrogen and oxygen atoms in total. The third-order valence-corrected chi connectivity index (χ3v) is 1.29. The number of nitrogens with zero attached hydrogens (tertiary/aromatic N) is 2. The third-order valence-electron chi connectivity index (χ3n) is 1.29. The minimum atomic E-state index is -0.134. The van der Waals surface area contributed by atoms with Crippen molar-refractivity contribution < 1.29 is 9.53 Å². The average Bonchev–Trinajstić information content (AvgIpc) is 2.15. The zero-order chi connectivity index (χ0) is 8.81. The summed E-state index contributed by atoms with van der Waals surface area (Å²) in [5.41, 5.74) is 0.353. The normalized spacial score (nSPS) is 9.75. The predicted octanol–water partition coefficient (Wildman–Crippen LogP) is 0.696. The maximum absolute atomic E-state index is 11.2. The molecule has 0 aromatic carbocycles. The summed E-state index contributed by atoms with van der Waals surface area (Å²) < 4.78 is 4.93. The van der Waals surface area contributed by atoms with Gasteiger partial charge in [-0.3, -0.25) is 9.78 Å². The van der Waals surface area contributed by atoms with Crippen LogP contribution in [0.25, 0.3) is 0 Å². The second kappa shape index (κ2) is 4.56. The van der Waals surface area contributed by atoms with Gasteiger partial charge in [-0.25, -0.2) is 4.98 Å². The molecule has 0 radical (unpaired) electrons. The highest BCUT2D eigenvalue weighted by molar-refractivity contribution is 5.94. The van der Waals surface area contributed by atoms with E-state index in [2.05, 4.69) is 9.97 Å². The second-order valence-corrected chi connectivity index (χ2v) is 2.15. The van der Waals surface area contributed by atoms with Crippen molar-refractivity contribution in [3.05, 3.63) is 24.3 Å². The first-order valence-electron chi connectivity index (χ1n) is 3.71. The molecule has 0 fully saturated rings. The molecule has 0 saturated carbocycles. The summed E-state index contributed by atoms with van der Waals surface area (Å²) in [5, 5.41) is 0. The lowest BCUT2D eigenvalue weighted by molar-refractivity contribution is 0.0778. The Bertz CT molecular complexity index is 248. The molecule has 1 rings (SSSR count). The number of Topliss-reactive ketones (excluding diaryl/α,β-unsaturated/α-hetero) is 1. The van der Waals surface area contributed by atoms with Gasteiger partial charge in [-0.05, 0) is 6.92 Å². The average molecular weight is 166 g/mol. The number of hydrogen-bond donors (Lipinski definition) is 0. The first-order chi connectivity index (χ1) is 5.84. The Morgan fingerprint density at radius 1 is 1.58 bits per heavy atom. The molecule has 0 spiro atoms. The molecule has 0 N–H and O–H groups in total. The van der Waals surface area contributed by atoms with Crippen molar-refractivity contribution in [2.24, 2.45) is 0 Å². The van der Waals surface area contributed by atoms with Crippen LogP contribution in [0.4, 0.5) is 0 Å². The van der Waals surface area contributed by atoms with E-state index < -0.39 is 0 Å². The molecule has 0 bridgehead atoms. The monoisotopic (exact) mass is 166 g/mol.